The van der Waals surface area contributed by atoms with Crippen LogP contribution in [0.3, 0.4) is 0 Å². The Morgan fingerprint density at radius 2 is 2.04 bits per heavy atom. The van der Waals surface area contributed by atoms with Gasteiger partial charge in [0.1, 0.15) is 11.9 Å². The van der Waals surface area contributed by atoms with Crippen molar-refractivity contribution in [1.82, 2.24) is 15.1 Å². The zero-order chi connectivity index (χ0) is 19.2. The average Bonchev–Trinajstić information content (AvgIpc) is 3.22. The highest BCUT2D eigenvalue weighted by Crippen LogP contribution is 2.18. The van der Waals surface area contributed by atoms with Crippen LogP contribution >= 0.6 is 35.6 Å². The Hall–Kier alpha value is -1.13. The van der Waals surface area contributed by atoms with E-state index in [0.29, 0.717) is 39.3 Å². The molecule has 3 rings (SSSR count). The van der Waals surface area contributed by atoms with Crippen LogP contribution in [0.25, 0.3) is 0 Å². The second kappa shape index (κ2) is 11.2. The molecule has 0 aromatic heterocycles. The summed E-state index contributed by atoms with van der Waals surface area (Å²) in [6.45, 7) is 6.61. The number of amides is 1. The summed E-state index contributed by atoms with van der Waals surface area (Å²) < 4.78 is 18.8. The summed E-state index contributed by atoms with van der Waals surface area (Å²) in [5.74, 6) is 0.473. The number of hydrogen-bond acceptors (Lipinski definition) is 3. The molecule has 2 saturated heterocycles. The van der Waals surface area contributed by atoms with Crippen molar-refractivity contribution in [3.8, 4) is 0 Å². The van der Waals surface area contributed by atoms with Gasteiger partial charge in [-0.3, -0.25) is 4.79 Å². The van der Waals surface area contributed by atoms with Gasteiger partial charge in [-0.05, 0) is 37.5 Å². The van der Waals surface area contributed by atoms with E-state index in [1.54, 1.807) is 12.1 Å². The Labute approximate surface area is 187 Å². The number of rotatable bonds is 4. The minimum absolute atomic E-state index is 0. The normalized spacial score (nSPS) is 20.1. The molecule has 1 atom stereocenters. The Bertz CT molecular complexity index is 693. The van der Waals surface area contributed by atoms with Gasteiger partial charge in [0.15, 0.2) is 5.96 Å². The number of carbonyl (C=O) groups is 1. The molecule has 2 heterocycles. The van der Waals surface area contributed by atoms with Gasteiger partial charge in [-0.15, -0.1) is 24.0 Å². The summed E-state index contributed by atoms with van der Waals surface area (Å²) in [5, 5.41) is 3.39. The molecule has 1 unspecified atom stereocenters. The van der Waals surface area contributed by atoms with Crippen LogP contribution in [0, 0.1) is 5.82 Å². The third-order valence-corrected chi connectivity index (χ3v) is 5.12. The fraction of sp³-hybridized carbons (Fsp3) is 0.579. The van der Waals surface area contributed by atoms with Gasteiger partial charge < -0.3 is 19.9 Å². The number of carbonyl (C=O) groups excluding carboxylic acids is 1. The maximum Gasteiger partial charge on any atom is 0.251 e. The fourth-order valence-corrected chi connectivity index (χ4v) is 3.55. The van der Waals surface area contributed by atoms with Crippen molar-refractivity contribution in [2.75, 3.05) is 39.3 Å². The summed E-state index contributed by atoms with van der Waals surface area (Å²) in [4.78, 5) is 21.1. The molecule has 0 aliphatic carbocycles. The number of ether oxygens (including phenoxy) is 1. The lowest BCUT2D eigenvalue weighted by Crippen LogP contribution is -2.55. The molecule has 6 nitrogen and oxygen atoms in total. The highest BCUT2D eigenvalue weighted by Gasteiger charge is 2.30. The van der Waals surface area contributed by atoms with E-state index in [1.807, 2.05) is 11.8 Å². The predicted molar refractivity (Wildman–Crippen MR) is 119 cm³/mol. The minimum Gasteiger partial charge on any atom is -0.368 e. The van der Waals surface area contributed by atoms with E-state index in [-0.39, 0.29) is 41.0 Å². The summed E-state index contributed by atoms with van der Waals surface area (Å²) in [7, 11) is 0. The predicted octanol–water partition coefficient (Wildman–Crippen LogP) is 2.89. The first kappa shape index (κ1) is 23.2. The van der Waals surface area contributed by atoms with Crippen LogP contribution < -0.4 is 5.32 Å². The summed E-state index contributed by atoms with van der Waals surface area (Å²) in [6, 6.07) is 4.64. The third kappa shape index (κ3) is 5.93. The van der Waals surface area contributed by atoms with Crippen LogP contribution in [0.4, 0.5) is 4.39 Å². The van der Waals surface area contributed by atoms with Crippen molar-refractivity contribution in [3.05, 3.63) is 34.6 Å². The molecular weight excluding hydrogens is 498 g/mol. The van der Waals surface area contributed by atoms with Crippen molar-refractivity contribution >= 4 is 47.4 Å². The Kier molecular flexibility index (Phi) is 9.23. The number of benzene rings is 1. The lowest BCUT2D eigenvalue weighted by Gasteiger charge is -2.37. The van der Waals surface area contributed by atoms with Gasteiger partial charge in [0.05, 0.1) is 11.6 Å². The van der Waals surface area contributed by atoms with Crippen LogP contribution in [0.15, 0.2) is 23.2 Å². The van der Waals surface area contributed by atoms with E-state index in [2.05, 4.69) is 15.2 Å². The molecular formula is C19H27ClFIN4O2. The number of nitrogens with zero attached hydrogens (tertiary/aromatic N) is 3. The van der Waals surface area contributed by atoms with E-state index >= 15 is 0 Å². The molecule has 1 amide bonds. The number of nitrogens with one attached hydrogen (secondary N) is 1. The standard InChI is InChI=1S/C19H26ClFN4O2.HI/c1-2-22-19(23-13-14-5-6-16(21)15(20)12-14)25-9-7-24(8-10-25)18(26)17-4-3-11-27-17;/h5-6,12,17H,2-4,7-11,13H2,1H3,(H,22,23);1H. The lowest BCUT2D eigenvalue weighted by molar-refractivity contribution is -0.142. The maximum absolute atomic E-state index is 13.3. The lowest BCUT2D eigenvalue weighted by atomic mass is 10.2. The molecule has 9 heteroatoms. The van der Waals surface area contributed by atoms with Gasteiger partial charge in [-0.25, -0.2) is 9.38 Å². The van der Waals surface area contributed by atoms with Crippen LogP contribution in [-0.4, -0.2) is 67.1 Å². The van der Waals surface area contributed by atoms with Crippen LogP contribution in [-0.2, 0) is 16.1 Å². The highest BCUT2D eigenvalue weighted by atomic mass is 127. The zero-order valence-electron chi connectivity index (χ0n) is 16.0. The van der Waals surface area contributed by atoms with Gasteiger partial charge in [-0.2, -0.15) is 0 Å². The van der Waals surface area contributed by atoms with E-state index in [4.69, 9.17) is 16.3 Å². The SMILES string of the molecule is CCNC(=NCc1ccc(F)c(Cl)c1)N1CCN(C(=O)C2CCCO2)CC1.I. The van der Waals surface area contributed by atoms with Gasteiger partial charge in [0, 0.05) is 39.3 Å². The number of aliphatic imine (C=N–C) groups is 1. The largest absolute Gasteiger partial charge is 0.368 e. The molecule has 156 valence electrons. The van der Waals surface area contributed by atoms with Crippen molar-refractivity contribution in [1.29, 1.82) is 0 Å². The second-order valence-corrected chi connectivity index (χ2v) is 7.14. The number of halogens is 3. The molecule has 0 spiro atoms. The van der Waals surface area contributed by atoms with Crippen molar-refractivity contribution in [2.24, 2.45) is 4.99 Å². The molecule has 0 bridgehead atoms. The van der Waals surface area contributed by atoms with E-state index in [9.17, 15) is 9.18 Å². The first-order chi connectivity index (χ1) is 13.1. The summed E-state index contributed by atoms with van der Waals surface area (Å²) in [5.41, 5.74) is 0.851. The second-order valence-electron chi connectivity index (χ2n) is 6.73. The van der Waals surface area contributed by atoms with Crippen LogP contribution in [0.1, 0.15) is 25.3 Å². The summed E-state index contributed by atoms with van der Waals surface area (Å²) in [6.07, 6.45) is 1.52. The molecule has 1 N–H and O–H groups in total. The Balaban J connectivity index is 0.00000280. The quantitative estimate of drug-likeness (QED) is 0.374. The Morgan fingerprint density at radius 3 is 2.64 bits per heavy atom. The maximum atomic E-state index is 13.3. The molecule has 28 heavy (non-hydrogen) atoms. The molecule has 2 aliphatic rings. The first-order valence-electron chi connectivity index (χ1n) is 9.46. The monoisotopic (exact) mass is 524 g/mol. The molecule has 1 aromatic rings. The number of guanidine groups is 1. The van der Waals surface area contributed by atoms with Gasteiger partial charge in [-0.1, -0.05) is 17.7 Å². The molecule has 2 aliphatic heterocycles. The Morgan fingerprint density at radius 1 is 1.32 bits per heavy atom. The van der Waals surface area contributed by atoms with Gasteiger partial charge in [0.2, 0.25) is 0 Å². The smallest absolute Gasteiger partial charge is 0.251 e. The van der Waals surface area contributed by atoms with E-state index < -0.39 is 5.82 Å². The minimum atomic E-state index is -0.427. The van der Waals surface area contributed by atoms with Crippen molar-refractivity contribution < 1.29 is 13.9 Å². The average molecular weight is 525 g/mol. The molecule has 0 saturated carbocycles. The first-order valence-corrected chi connectivity index (χ1v) is 9.84. The fourth-order valence-electron chi connectivity index (χ4n) is 3.34. The van der Waals surface area contributed by atoms with E-state index in [1.165, 1.54) is 6.07 Å². The van der Waals surface area contributed by atoms with Crippen molar-refractivity contribution in [2.45, 2.75) is 32.4 Å². The van der Waals surface area contributed by atoms with Gasteiger partial charge in [0.25, 0.3) is 5.91 Å². The third-order valence-electron chi connectivity index (χ3n) is 4.83. The van der Waals surface area contributed by atoms with Crippen LogP contribution in [0.5, 0.6) is 0 Å². The number of piperazine rings is 1. The zero-order valence-corrected chi connectivity index (χ0v) is 19.1. The van der Waals surface area contributed by atoms with Gasteiger partial charge >= 0.3 is 0 Å². The molecule has 0 radical (unpaired) electrons. The number of hydrogen-bond donors (Lipinski definition) is 1. The summed E-state index contributed by atoms with van der Waals surface area (Å²) >= 11 is 5.84. The topological polar surface area (TPSA) is 57.2 Å². The highest BCUT2D eigenvalue weighted by molar-refractivity contribution is 14.0. The van der Waals surface area contributed by atoms with Crippen molar-refractivity contribution in [3.63, 3.8) is 0 Å². The molecule has 2 fully saturated rings. The molecule has 1 aromatic carbocycles. The van der Waals surface area contributed by atoms with E-state index in [0.717, 1.165) is 30.9 Å². The van der Waals surface area contributed by atoms with Crippen LogP contribution in [0.2, 0.25) is 5.02 Å².